The minimum absolute atomic E-state index is 0.0356. The Morgan fingerprint density at radius 3 is 2.50 bits per heavy atom. The van der Waals surface area contributed by atoms with E-state index < -0.39 is 18.0 Å². The van der Waals surface area contributed by atoms with E-state index in [1.54, 1.807) is 30.3 Å². The molecule has 0 aliphatic carbocycles. The first-order chi connectivity index (χ1) is 13.5. The van der Waals surface area contributed by atoms with Crippen LogP contribution in [0.3, 0.4) is 0 Å². The van der Waals surface area contributed by atoms with Crippen LogP contribution in [0.25, 0.3) is 0 Å². The van der Waals surface area contributed by atoms with E-state index in [1.165, 1.54) is 18.2 Å². The van der Waals surface area contributed by atoms with E-state index in [4.69, 9.17) is 0 Å². The standard InChI is InChI=1S/C21H26FN3O3/c1-2-3-11-23-20(27)16-9-7-15(8-10-16)13-24-21(28)25-14-19(26)17-5-4-6-18(22)12-17/h4-10,12,19,26H,2-3,11,13-14H2,1H3,(H,23,27)(H2,24,25,28). The number of carbonyl (C=O) groups excluding carboxylic acids is 2. The van der Waals surface area contributed by atoms with Gasteiger partial charge in [-0.05, 0) is 41.8 Å². The quantitative estimate of drug-likeness (QED) is 0.499. The maximum atomic E-state index is 13.2. The molecule has 0 spiro atoms. The monoisotopic (exact) mass is 387 g/mol. The second kappa shape index (κ2) is 11.0. The van der Waals surface area contributed by atoms with Crippen LogP contribution in [-0.2, 0) is 6.54 Å². The Labute approximate surface area is 164 Å². The molecule has 1 atom stereocenters. The van der Waals surface area contributed by atoms with Gasteiger partial charge < -0.3 is 21.1 Å². The third-order valence-electron chi connectivity index (χ3n) is 4.17. The Morgan fingerprint density at radius 1 is 1.07 bits per heavy atom. The lowest BCUT2D eigenvalue weighted by Crippen LogP contribution is -2.37. The second-order valence-corrected chi connectivity index (χ2v) is 6.44. The molecule has 150 valence electrons. The molecule has 3 amide bonds. The Balaban J connectivity index is 1.74. The van der Waals surface area contributed by atoms with Crippen molar-refractivity contribution in [2.24, 2.45) is 0 Å². The zero-order valence-corrected chi connectivity index (χ0v) is 15.9. The average molecular weight is 387 g/mol. The number of rotatable bonds is 9. The van der Waals surface area contributed by atoms with E-state index in [0.29, 0.717) is 17.7 Å². The third kappa shape index (κ3) is 7.00. The molecule has 2 rings (SSSR count). The average Bonchev–Trinajstić information content (AvgIpc) is 2.71. The van der Waals surface area contributed by atoms with Gasteiger partial charge in [0.1, 0.15) is 5.82 Å². The Kier molecular flexibility index (Phi) is 8.42. The highest BCUT2D eigenvalue weighted by Gasteiger charge is 2.10. The highest BCUT2D eigenvalue weighted by molar-refractivity contribution is 5.94. The molecule has 0 aliphatic heterocycles. The lowest BCUT2D eigenvalue weighted by atomic mass is 10.1. The molecule has 2 aromatic carbocycles. The van der Waals surface area contributed by atoms with Gasteiger partial charge in [-0.2, -0.15) is 0 Å². The van der Waals surface area contributed by atoms with E-state index in [2.05, 4.69) is 22.9 Å². The SMILES string of the molecule is CCCCNC(=O)c1ccc(CNC(=O)NCC(O)c2cccc(F)c2)cc1. The van der Waals surface area contributed by atoms with Crippen molar-refractivity contribution in [3.63, 3.8) is 0 Å². The number of aliphatic hydroxyl groups is 1. The molecule has 0 aliphatic rings. The number of aliphatic hydroxyl groups excluding tert-OH is 1. The van der Waals surface area contributed by atoms with Gasteiger partial charge in [-0.15, -0.1) is 0 Å². The van der Waals surface area contributed by atoms with Crippen LogP contribution < -0.4 is 16.0 Å². The smallest absolute Gasteiger partial charge is 0.315 e. The number of nitrogens with one attached hydrogen (secondary N) is 3. The van der Waals surface area contributed by atoms with Gasteiger partial charge in [-0.1, -0.05) is 37.6 Å². The lowest BCUT2D eigenvalue weighted by molar-refractivity contribution is 0.0953. The summed E-state index contributed by atoms with van der Waals surface area (Å²) in [5.41, 5.74) is 1.81. The van der Waals surface area contributed by atoms with Crippen LogP contribution in [0.5, 0.6) is 0 Å². The zero-order chi connectivity index (χ0) is 20.4. The minimum Gasteiger partial charge on any atom is -0.387 e. The molecule has 0 fully saturated rings. The van der Waals surface area contributed by atoms with Crippen LogP contribution in [0, 0.1) is 5.82 Å². The maximum Gasteiger partial charge on any atom is 0.315 e. The van der Waals surface area contributed by atoms with Crippen molar-refractivity contribution in [1.82, 2.24) is 16.0 Å². The molecule has 0 saturated heterocycles. The van der Waals surface area contributed by atoms with Crippen LogP contribution in [0.1, 0.15) is 47.4 Å². The Hall–Kier alpha value is -2.93. The molecule has 0 bridgehead atoms. The summed E-state index contributed by atoms with van der Waals surface area (Å²) in [6.45, 7) is 2.96. The second-order valence-electron chi connectivity index (χ2n) is 6.44. The van der Waals surface area contributed by atoms with Crippen LogP contribution in [0.15, 0.2) is 48.5 Å². The van der Waals surface area contributed by atoms with Crippen molar-refractivity contribution in [2.45, 2.75) is 32.4 Å². The molecule has 1 unspecified atom stereocenters. The number of amides is 3. The third-order valence-corrected chi connectivity index (χ3v) is 4.17. The van der Waals surface area contributed by atoms with Gasteiger partial charge in [0.25, 0.3) is 5.91 Å². The molecule has 6 nitrogen and oxygen atoms in total. The number of hydrogen-bond acceptors (Lipinski definition) is 3. The van der Waals surface area contributed by atoms with Gasteiger partial charge in [0.2, 0.25) is 0 Å². The predicted octanol–water partition coefficient (Wildman–Crippen LogP) is 2.89. The Morgan fingerprint density at radius 2 is 1.82 bits per heavy atom. The first-order valence-electron chi connectivity index (χ1n) is 9.32. The first kappa shape index (κ1) is 21.4. The lowest BCUT2D eigenvalue weighted by Gasteiger charge is -2.13. The van der Waals surface area contributed by atoms with E-state index in [1.807, 2.05) is 0 Å². The van der Waals surface area contributed by atoms with Crippen molar-refractivity contribution < 1.29 is 19.1 Å². The number of unbranched alkanes of at least 4 members (excludes halogenated alkanes) is 1. The normalized spacial score (nSPS) is 11.5. The van der Waals surface area contributed by atoms with Gasteiger partial charge >= 0.3 is 6.03 Å². The predicted molar refractivity (Wildman–Crippen MR) is 105 cm³/mol. The van der Waals surface area contributed by atoms with Crippen LogP contribution in [0.2, 0.25) is 0 Å². The van der Waals surface area contributed by atoms with Crippen molar-refractivity contribution in [2.75, 3.05) is 13.1 Å². The van der Waals surface area contributed by atoms with E-state index in [9.17, 15) is 19.1 Å². The molecule has 7 heteroatoms. The first-order valence-corrected chi connectivity index (χ1v) is 9.32. The van der Waals surface area contributed by atoms with E-state index in [-0.39, 0.29) is 19.0 Å². The summed E-state index contributed by atoms with van der Waals surface area (Å²) in [5, 5.41) is 18.1. The topological polar surface area (TPSA) is 90.5 Å². The highest BCUT2D eigenvalue weighted by atomic mass is 19.1. The molecule has 0 heterocycles. The van der Waals surface area contributed by atoms with Gasteiger partial charge in [-0.25, -0.2) is 9.18 Å². The number of carbonyl (C=O) groups is 2. The Bertz CT molecular complexity index is 781. The molecular weight excluding hydrogens is 361 g/mol. The number of urea groups is 1. The molecule has 0 aromatic heterocycles. The van der Waals surface area contributed by atoms with Gasteiger partial charge in [-0.3, -0.25) is 4.79 Å². The zero-order valence-electron chi connectivity index (χ0n) is 15.9. The summed E-state index contributed by atoms with van der Waals surface area (Å²) in [5.74, 6) is -0.555. The van der Waals surface area contributed by atoms with Crippen LogP contribution in [-0.4, -0.2) is 30.1 Å². The van der Waals surface area contributed by atoms with Crippen molar-refractivity contribution in [3.05, 3.63) is 71.0 Å². The van der Waals surface area contributed by atoms with E-state index in [0.717, 1.165) is 18.4 Å². The summed E-state index contributed by atoms with van der Waals surface area (Å²) in [4.78, 5) is 23.8. The van der Waals surface area contributed by atoms with Crippen molar-refractivity contribution in [3.8, 4) is 0 Å². The van der Waals surface area contributed by atoms with Crippen molar-refractivity contribution in [1.29, 1.82) is 0 Å². The summed E-state index contributed by atoms with van der Waals surface area (Å²) in [6.07, 6.45) is 0.968. The number of benzene rings is 2. The van der Waals surface area contributed by atoms with Crippen molar-refractivity contribution >= 4 is 11.9 Å². The van der Waals surface area contributed by atoms with E-state index >= 15 is 0 Å². The fourth-order valence-electron chi connectivity index (χ4n) is 2.52. The fourth-order valence-corrected chi connectivity index (χ4v) is 2.52. The fraction of sp³-hybridized carbons (Fsp3) is 0.333. The molecule has 28 heavy (non-hydrogen) atoms. The number of hydrogen-bond donors (Lipinski definition) is 4. The molecular formula is C21H26FN3O3. The minimum atomic E-state index is -0.994. The van der Waals surface area contributed by atoms with Gasteiger partial charge in [0.05, 0.1) is 6.10 Å². The summed E-state index contributed by atoms with van der Waals surface area (Å²) in [6, 6.07) is 12.1. The summed E-state index contributed by atoms with van der Waals surface area (Å²) in [7, 11) is 0. The largest absolute Gasteiger partial charge is 0.387 e. The molecule has 0 radical (unpaired) electrons. The van der Waals surface area contributed by atoms with Gasteiger partial charge in [0.15, 0.2) is 0 Å². The molecule has 4 N–H and O–H groups in total. The summed E-state index contributed by atoms with van der Waals surface area (Å²) >= 11 is 0. The maximum absolute atomic E-state index is 13.2. The van der Waals surface area contributed by atoms with Crippen LogP contribution in [0.4, 0.5) is 9.18 Å². The van der Waals surface area contributed by atoms with Crippen LogP contribution >= 0.6 is 0 Å². The van der Waals surface area contributed by atoms with Gasteiger partial charge in [0, 0.05) is 25.2 Å². The molecule has 0 saturated carbocycles. The molecule has 2 aromatic rings. The number of halogens is 1. The highest BCUT2D eigenvalue weighted by Crippen LogP contribution is 2.12. The summed E-state index contributed by atoms with van der Waals surface area (Å²) < 4.78 is 13.2.